The van der Waals surface area contributed by atoms with E-state index in [1.54, 1.807) is 0 Å². The molecule has 1 aliphatic rings. The number of thioether (sulfide) groups is 2. The van der Waals surface area contributed by atoms with Crippen LogP contribution in [-0.2, 0) is 0 Å². The van der Waals surface area contributed by atoms with E-state index >= 15 is 0 Å². The Labute approximate surface area is 120 Å². The van der Waals surface area contributed by atoms with E-state index in [4.69, 9.17) is 0 Å². The first-order valence-electron chi connectivity index (χ1n) is 6.81. The predicted octanol–water partition coefficient (Wildman–Crippen LogP) is 3.62. The fraction of sp³-hybridized carbons (Fsp3) is 0.600. The molecule has 0 bridgehead atoms. The van der Waals surface area contributed by atoms with Gasteiger partial charge in [-0.1, -0.05) is 37.3 Å². The third kappa shape index (κ3) is 4.87. The van der Waals surface area contributed by atoms with Crippen molar-refractivity contribution >= 4 is 23.5 Å². The maximum absolute atomic E-state index is 3.62. The highest BCUT2D eigenvalue weighted by Gasteiger charge is 2.13. The lowest BCUT2D eigenvalue weighted by molar-refractivity contribution is 0.595. The van der Waals surface area contributed by atoms with Gasteiger partial charge in [-0.15, -0.1) is 0 Å². The molecule has 0 spiro atoms. The third-order valence-electron chi connectivity index (χ3n) is 3.38. The van der Waals surface area contributed by atoms with Gasteiger partial charge in [-0.25, -0.2) is 0 Å². The third-order valence-corrected chi connectivity index (χ3v) is 6.22. The molecule has 1 aliphatic heterocycles. The van der Waals surface area contributed by atoms with E-state index in [1.807, 2.05) is 0 Å². The summed E-state index contributed by atoms with van der Waals surface area (Å²) < 4.78 is 0. The van der Waals surface area contributed by atoms with E-state index in [9.17, 15) is 0 Å². The van der Waals surface area contributed by atoms with E-state index in [1.165, 1.54) is 35.8 Å². The van der Waals surface area contributed by atoms with Gasteiger partial charge in [0, 0.05) is 29.1 Å². The Morgan fingerprint density at radius 3 is 2.83 bits per heavy atom. The van der Waals surface area contributed by atoms with Crippen LogP contribution in [0.25, 0.3) is 0 Å². The predicted molar refractivity (Wildman–Crippen MR) is 85.9 cm³/mol. The van der Waals surface area contributed by atoms with Crippen molar-refractivity contribution in [1.29, 1.82) is 0 Å². The normalized spacial score (nSPS) is 21.7. The van der Waals surface area contributed by atoms with Gasteiger partial charge in [-0.2, -0.15) is 23.5 Å². The first-order valence-corrected chi connectivity index (χ1v) is 9.01. The molecule has 1 fully saturated rings. The van der Waals surface area contributed by atoms with Gasteiger partial charge in [0.15, 0.2) is 0 Å². The lowest BCUT2D eigenvalue weighted by Gasteiger charge is -2.21. The zero-order chi connectivity index (χ0) is 12.6. The summed E-state index contributed by atoms with van der Waals surface area (Å²) in [5.74, 6) is 4.65. The molecule has 1 saturated heterocycles. The summed E-state index contributed by atoms with van der Waals surface area (Å²) in [5, 5.41) is 4.45. The van der Waals surface area contributed by atoms with Crippen LogP contribution in [0.5, 0.6) is 0 Å². The number of benzene rings is 1. The monoisotopic (exact) mass is 281 g/mol. The highest BCUT2D eigenvalue weighted by Crippen LogP contribution is 2.23. The molecule has 18 heavy (non-hydrogen) atoms. The van der Waals surface area contributed by atoms with E-state index in [0.717, 1.165) is 11.8 Å². The van der Waals surface area contributed by atoms with Gasteiger partial charge >= 0.3 is 0 Å². The van der Waals surface area contributed by atoms with Crippen molar-refractivity contribution in [3.05, 3.63) is 35.9 Å². The summed E-state index contributed by atoms with van der Waals surface area (Å²) in [5.41, 5.74) is 1.46. The van der Waals surface area contributed by atoms with Crippen LogP contribution < -0.4 is 5.32 Å². The minimum atomic E-state index is 0.659. The van der Waals surface area contributed by atoms with Crippen LogP contribution in [0.15, 0.2) is 30.3 Å². The summed E-state index contributed by atoms with van der Waals surface area (Å²) in [6.45, 7) is 4.64. The maximum atomic E-state index is 3.62. The quantitative estimate of drug-likeness (QED) is 0.800. The zero-order valence-electron chi connectivity index (χ0n) is 11.1. The smallest absolute Gasteiger partial charge is 0.0263 e. The van der Waals surface area contributed by atoms with E-state index in [-0.39, 0.29) is 0 Å². The molecule has 0 saturated carbocycles. The molecule has 0 amide bonds. The van der Waals surface area contributed by atoms with Gasteiger partial charge < -0.3 is 5.32 Å². The second-order valence-electron chi connectivity index (χ2n) is 4.87. The minimum Gasteiger partial charge on any atom is -0.316 e. The first kappa shape index (κ1) is 14.3. The lowest BCUT2D eigenvalue weighted by atomic mass is 9.98. The number of nitrogens with one attached hydrogen (secondary N) is 1. The Kier molecular flexibility index (Phi) is 6.46. The van der Waals surface area contributed by atoms with Crippen LogP contribution in [0.3, 0.4) is 0 Å². The van der Waals surface area contributed by atoms with E-state index in [2.05, 4.69) is 66.1 Å². The molecule has 0 aromatic heterocycles. The SMILES string of the molecule is CC(CCNCC1CSCCS1)c1ccccc1. The fourth-order valence-electron chi connectivity index (χ4n) is 2.18. The first-order chi connectivity index (χ1) is 8.86. The van der Waals surface area contributed by atoms with Gasteiger partial charge in [0.05, 0.1) is 0 Å². The molecular formula is C15H23NS2. The van der Waals surface area contributed by atoms with Crippen molar-refractivity contribution < 1.29 is 0 Å². The molecular weight excluding hydrogens is 258 g/mol. The molecule has 2 rings (SSSR count). The summed E-state index contributed by atoms with van der Waals surface area (Å²) >= 11 is 4.24. The van der Waals surface area contributed by atoms with Crippen LogP contribution in [-0.4, -0.2) is 35.6 Å². The number of rotatable bonds is 6. The molecule has 1 nitrogen and oxygen atoms in total. The molecule has 1 aromatic rings. The highest BCUT2D eigenvalue weighted by atomic mass is 32.2. The average molecular weight is 281 g/mol. The second kappa shape index (κ2) is 8.13. The summed E-state index contributed by atoms with van der Waals surface area (Å²) in [4.78, 5) is 0. The molecule has 0 aliphatic carbocycles. The molecule has 1 heterocycles. The van der Waals surface area contributed by atoms with Crippen molar-refractivity contribution in [1.82, 2.24) is 5.32 Å². The number of hydrogen-bond acceptors (Lipinski definition) is 3. The maximum Gasteiger partial charge on any atom is 0.0263 e. The van der Waals surface area contributed by atoms with Crippen LogP contribution in [0.2, 0.25) is 0 Å². The van der Waals surface area contributed by atoms with Crippen LogP contribution in [0.1, 0.15) is 24.8 Å². The number of hydrogen-bond donors (Lipinski definition) is 1. The van der Waals surface area contributed by atoms with Crippen molar-refractivity contribution in [3.8, 4) is 0 Å². The van der Waals surface area contributed by atoms with Gasteiger partial charge in [0.1, 0.15) is 0 Å². The summed E-state index contributed by atoms with van der Waals surface area (Å²) in [6.07, 6.45) is 1.23. The largest absolute Gasteiger partial charge is 0.316 e. The fourth-order valence-corrected chi connectivity index (χ4v) is 4.83. The van der Waals surface area contributed by atoms with E-state index < -0.39 is 0 Å². The van der Waals surface area contributed by atoms with Gasteiger partial charge in [0.25, 0.3) is 0 Å². The van der Waals surface area contributed by atoms with Crippen molar-refractivity contribution in [2.75, 3.05) is 30.3 Å². The van der Waals surface area contributed by atoms with Crippen LogP contribution in [0.4, 0.5) is 0 Å². The average Bonchev–Trinajstić information content (AvgIpc) is 2.45. The van der Waals surface area contributed by atoms with Crippen molar-refractivity contribution in [3.63, 3.8) is 0 Å². The summed E-state index contributed by atoms with van der Waals surface area (Å²) in [6, 6.07) is 10.8. The topological polar surface area (TPSA) is 12.0 Å². The molecule has 2 atom stereocenters. The molecule has 100 valence electrons. The summed E-state index contributed by atoms with van der Waals surface area (Å²) in [7, 11) is 0. The molecule has 2 unspecified atom stereocenters. The molecule has 0 radical (unpaired) electrons. The van der Waals surface area contributed by atoms with E-state index in [0.29, 0.717) is 5.92 Å². The highest BCUT2D eigenvalue weighted by molar-refractivity contribution is 8.06. The lowest BCUT2D eigenvalue weighted by Crippen LogP contribution is -2.30. The molecule has 1 N–H and O–H groups in total. The van der Waals surface area contributed by atoms with Crippen molar-refractivity contribution in [2.45, 2.75) is 24.5 Å². The standard InChI is InChI=1S/C15H23NS2/c1-13(14-5-3-2-4-6-14)7-8-16-11-15-12-17-9-10-18-15/h2-6,13,15-16H,7-12H2,1H3. The zero-order valence-corrected chi connectivity index (χ0v) is 12.7. The Bertz CT molecular complexity index is 323. The van der Waals surface area contributed by atoms with Crippen LogP contribution in [0, 0.1) is 0 Å². The molecule has 3 heteroatoms. The van der Waals surface area contributed by atoms with Gasteiger partial charge in [-0.05, 0) is 24.4 Å². The second-order valence-corrected chi connectivity index (χ2v) is 7.43. The Balaban J connectivity index is 1.60. The Hall–Kier alpha value is -0.120. The van der Waals surface area contributed by atoms with Crippen LogP contribution >= 0.6 is 23.5 Å². The molecule has 1 aromatic carbocycles. The van der Waals surface area contributed by atoms with Gasteiger partial charge in [-0.3, -0.25) is 0 Å². The Morgan fingerprint density at radius 1 is 1.28 bits per heavy atom. The Morgan fingerprint density at radius 2 is 2.11 bits per heavy atom. The van der Waals surface area contributed by atoms with Crippen molar-refractivity contribution in [2.24, 2.45) is 0 Å². The minimum absolute atomic E-state index is 0.659. The van der Waals surface area contributed by atoms with Gasteiger partial charge in [0.2, 0.25) is 0 Å².